The predicted octanol–water partition coefficient (Wildman–Crippen LogP) is 1.65. The van der Waals surface area contributed by atoms with E-state index in [1.165, 1.54) is 5.56 Å². The Bertz CT molecular complexity index is 655. The molecule has 0 aliphatic carbocycles. The third kappa shape index (κ3) is 6.11. The maximum atomic E-state index is 12.1. The number of carbonyl (C=O) groups excluding carboxylic acids is 1. The second-order valence-electron chi connectivity index (χ2n) is 6.70. The third-order valence-electron chi connectivity index (χ3n) is 4.44. The molecule has 0 saturated carbocycles. The van der Waals surface area contributed by atoms with Crippen LogP contribution in [-0.4, -0.2) is 49.1 Å². The molecule has 0 bridgehead atoms. The first-order valence-corrected chi connectivity index (χ1v) is 9.40. The number of ether oxygens (including phenoxy) is 1. The van der Waals surface area contributed by atoms with E-state index in [4.69, 9.17) is 14.6 Å². The number of esters is 1. The summed E-state index contributed by atoms with van der Waals surface area (Å²) in [4.78, 5) is 21.1. The van der Waals surface area contributed by atoms with Gasteiger partial charge in [0.1, 0.15) is 12.3 Å². The SMILES string of the molecule is CC(=O)O.CCCCOC(=O)C1Cc2ccc(NC3NCCN3)c(C)c2N1. The first-order chi connectivity index (χ1) is 12.9. The number of aliphatic carboxylic acids is 1. The zero-order valence-corrected chi connectivity index (χ0v) is 16.2. The molecule has 0 amide bonds. The van der Waals surface area contributed by atoms with Crippen molar-refractivity contribution in [3.63, 3.8) is 0 Å². The summed E-state index contributed by atoms with van der Waals surface area (Å²) in [5.41, 5.74) is 4.45. The number of benzene rings is 1. The summed E-state index contributed by atoms with van der Waals surface area (Å²) in [6, 6.07) is 3.91. The summed E-state index contributed by atoms with van der Waals surface area (Å²) in [6.07, 6.45) is 2.74. The Hall–Kier alpha value is -2.32. The minimum absolute atomic E-state index is 0.1000. The van der Waals surface area contributed by atoms with Crippen LogP contribution in [0.2, 0.25) is 0 Å². The van der Waals surface area contributed by atoms with Crippen LogP contribution in [0.1, 0.15) is 37.8 Å². The fourth-order valence-corrected chi connectivity index (χ4v) is 3.06. The van der Waals surface area contributed by atoms with Gasteiger partial charge in [-0.15, -0.1) is 0 Å². The van der Waals surface area contributed by atoms with Crippen LogP contribution >= 0.6 is 0 Å². The van der Waals surface area contributed by atoms with Crippen LogP contribution in [0.25, 0.3) is 0 Å². The van der Waals surface area contributed by atoms with Crippen molar-refractivity contribution in [3.05, 3.63) is 23.3 Å². The number of carboxylic acid groups (broad SMARTS) is 1. The Labute approximate surface area is 160 Å². The van der Waals surface area contributed by atoms with E-state index in [-0.39, 0.29) is 18.3 Å². The van der Waals surface area contributed by atoms with Gasteiger partial charge >= 0.3 is 5.97 Å². The molecule has 1 atom stereocenters. The van der Waals surface area contributed by atoms with Crippen molar-refractivity contribution in [3.8, 4) is 0 Å². The zero-order valence-electron chi connectivity index (χ0n) is 16.2. The highest BCUT2D eigenvalue weighted by Crippen LogP contribution is 2.34. The molecule has 150 valence electrons. The van der Waals surface area contributed by atoms with Gasteiger partial charge in [-0.05, 0) is 30.5 Å². The maximum absolute atomic E-state index is 12.1. The predicted molar refractivity (Wildman–Crippen MR) is 105 cm³/mol. The standard InChI is InChI=1S/C17H26N4O2.C2H4O2/c1-3-4-9-23-16(22)14-10-12-5-6-13(11(2)15(12)20-14)21-17-18-7-8-19-17;1-2(3)4/h5-6,14,17-21H,3-4,7-10H2,1-2H3;1H3,(H,3,4). The number of unbranched alkanes of at least 4 members (excludes halogenated alkanes) is 1. The van der Waals surface area contributed by atoms with E-state index >= 15 is 0 Å². The second kappa shape index (κ2) is 10.1. The smallest absolute Gasteiger partial charge is 0.328 e. The van der Waals surface area contributed by atoms with E-state index in [9.17, 15) is 4.79 Å². The van der Waals surface area contributed by atoms with Crippen molar-refractivity contribution in [1.82, 2.24) is 10.6 Å². The van der Waals surface area contributed by atoms with Gasteiger partial charge in [0.15, 0.2) is 0 Å². The Morgan fingerprint density at radius 3 is 2.59 bits per heavy atom. The van der Waals surface area contributed by atoms with E-state index in [1.807, 2.05) is 0 Å². The number of fused-ring (bicyclic) bond motifs is 1. The van der Waals surface area contributed by atoms with Crippen molar-refractivity contribution in [2.75, 3.05) is 30.3 Å². The van der Waals surface area contributed by atoms with Crippen molar-refractivity contribution < 1.29 is 19.4 Å². The van der Waals surface area contributed by atoms with Gasteiger partial charge in [0, 0.05) is 37.8 Å². The van der Waals surface area contributed by atoms with Gasteiger partial charge in [-0.25, -0.2) is 4.79 Å². The lowest BCUT2D eigenvalue weighted by Gasteiger charge is -2.18. The summed E-state index contributed by atoms with van der Waals surface area (Å²) < 4.78 is 5.34. The molecule has 27 heavy (non-hydrogen) atoms. The van der Waals surface area contributed by atoms with Crippen LogP contribution in [-0.2, 0) is 20.7 Å². The van der Waals surface area contributed by atoms with E-state index in [0.29, 0.717) is 13.0 Å². The fourth-order valence-electron chi connectivity index (χ4n) is 3.06. The summed E-state index contributed by atoms with van der Waals surface area (Å²) in [6.45, 7) is 7.68. The minimum atomic E-state index is -0.833. The van der Waals surface area contributed by atoms with Gasteiger partial charge in [-0.3, -0.25) is 15.4 Å². The van der Waals surface area contributed by atoms with E-state index < -0.39 is 5.97 Å². The van der Waals surface area contributed by atoms with Gasteiger partial charge in [0.25, 0.3) is 5.97 Å². The van der Waals surface area contributed by atoms with Crippen LogP contribution in [0.15, 0.2) is 12.1 Å². The van der Waals surface area contributed by atoms with Crippen LogP contribution in [0.3, 0.4) is 0 Å². The van der Waals surface area contributed by atoms with Crippen LogP contribution in [0, 0.1) is 6.92 Å². The molecule has 1 fully saturated rings. The van der Waals surface area contributed by atoms with Gasteiger partial charge in [-0.1, -0.05) is 19.4 Å². The molecule has 1 saturated heterocycles. The monoisotopic (exact) mass is 378 g/mol. The first-order valence-electron chi connectivity index (χ1n) is 9.40. The number of anilines is 2. The molecular weight excluding hydrogens is 348 g/mol. The van der Waals surface area contributed by atoms with E-state index in [1.54, 1.807) is 0 Å². The number of carboxylic acids is 1. The average molecular weight is 378 g/mol. The minimum Gasteiger partial charge on any atom is -0.481 e. The molecule has 0 radical (unpaired) electrons. The molecule has 1 aromatic carbocycles. The quantitative estimate of drug-likeness (QED) is 0.375. The Kier molecular flexibility index (Phi) is 7.87. The summed E-state index contributed by atoms with van der Waals surface area (Å²) in [5, 5.41) is 20.9. The average Bonchev–Trinajstić information content (AvgIpc) is 3.27. The highest BCUT2D eigenvalue weighted by Gasteiger charge is 2.30. The lowest BCUT2D eigenvalue weighted by Crippen LogP contribution is -2.39. The van der Waals surface area contributed by atoms with Crippen molar-refractivity contribution >= 4 is 23.3 Å². The summed E-state index contributed by atoms with van der Waals surface area (Å²) >= 11 is 0. The number of hydrogen-bond donors (Lipinski definition) is 5. The lowest BCUT2D eigenvalue weighted by atomic mass is 10.1. The first kappa shape index (κ1) is 21.0. The molecule has 3 rings (SSSR count). The van der Waals surface area contributed by atoms with Gasteiger partial charge in [-0.2, -0.15) is 0 Å². The highest BCUT2D eigenvalue weighted by atomic mass is 16.5. The number of carbonyl (C=O) groups is 2. The third-order valence-corrected chi connectivity index (χ3v) is 4.44. The number of rotatable bonds is 6. The Morgan fingerprint density at radius 1 is 1.30 bits per heavy atom. The number of hydrogen-bond acceptors (Lipinski definition) is 7. The molecule has 5 N–H and O–H groups in total. The molecule has 1 unspecified atom stereocenters. The molecule has 2 aliphatic rings. The molecule has 8 heteroatoms. The summed E-state index contributed by atoms with van der Waals surface area (Å²) in [7, 11) is 0. The fraction of sp³-hybridized carbons (Fsp3) is 0.579. The van der Waals surface area contributed by atoms with Crippen LogP contribution in [0.5, 0.6) is 0 Å². The molecule has 0 spiro atoms. The van der Waals surface area contributed by atoms with E-state index in [0.717, 1.165) is 49.8 Å². The van der Waals surface area contributed by atoms with Gasteiger partial charge < -0.3 is 20.5 Å². The zero-order chi connectivity index (χ0) is 19.8. The largest absolute Gasteiger partial charge is 0.481 e. The Morgan fingerprint density at radius 2 is 1.96 bits per heavy atom. The summed E-state index contributed by atoms with van der Waals surface area (Å²) in [5.74, 6) is -0.984. The number of nitrogens with one attached hydrogen (secondary N) is 4. The lowest BCUT2D eigenvalue weighted by molar-refractivity contribution is -0.144. The van der Waals surface area contributed by atoms with Crippen molar-refractivity contribution in [1.29, 1.82) is 0 Å². The molecular formula is C19H30N4O4. The molecule has 0 aromatic heterocycles. The molecule has 8 nitrogen and oxygen atoms in total. The molecule has 2 heterocycles. The van der Waals surface area contributed by atoms with Gasteiger partial charge in [0.2, 0.25) is 0 Å². The molecule has 2 aliphatic heterocycles. The van der Waals surface area contributed by atoms with Crippen molar-refractivity contribution in [2.45, 2.75) is 52.4 Å². The Balaban J connectivity index is 0.000000596. The molecule has 1 aromatic rings. The normalized spacial score (nSPS) is 18.1. The topological polar surface area (TPSA) is 112 Å². The van der Waals surface area contributed by atoms with Crippen molar-refractivity contribution in [2.24, 2.45) is 0 Å². The van der Waals surface area contributed by atoms with Crippen LogP contribution < -0.4 is 21.3 Å². The second-order valence-corrected chi connectivity index (χ2v) is 6.70. The maximum Gasteiger partial charge on any atom is 0.328 e. The highest BCUT2D eigenvalue weighted by molar-refractivity contribution is 5.85. The van der Waals surface area contributed by atoms with Gasteiger partial charge in [0.05, 0.1) is 6.61 Å². The van der Waals surface area contributed by atoms with E-state index in [2.05, 4.69) is 47.2 Å². The van der Waals surface area contributed by atoms with Crippen LogP contribution in [0.4, 0.5) is 11.4 Å².